The van der Waals surface area contributed by atoms with Gasteiger partial charge in [-0.1, -0.05) is 0 Å². The van der Waals surface area contributed by atoms with Gasteiger partial charge in [0, 0.05) is 62.2 Å². The van der Waals surface area contributed by atoms with Gasteiger partial charge in [0.1, 0.15) is 0 Å². The number of carbonyl (C=O) groups excluding carboxylic acids is 2. The molecule has 1 atom stereocenters. The summed E-state index contributed by atoms with van der Waals surface area (Å²) >= 11 is 8.46. The van der Waals surface area contributed by atoms with Gasteiger partial charge in [0.25, 0.3) is 0 Å². The molecule has 1 aliphatic heterocycles. The Hall–Kier alpha value is -1.00. The van der Waals surface area contributed by atoms with Crippen LogP contribution in [0.25, 0.3) is 0 Å². The van der Waals surface area contributed by atoms with Crippen molar-refractivity contribution in [1.82, 2.24) is 20.1 Å². The Kier molecular flexibility index (Phi) is 5.84. The first kappa shape index (κ1) is 19.3. The molecule has 0 aromatic carbocycles. The molecule has 6 nitrogen and oxygen atoms in total. The standard InChI is InChI=1S/C18H20Br2N4O2S/c19-17-15-12(8-13(25)16(15)18(20)27-17)22-14(26)10-24-6-4-23(5-7-24)9-11-2-1-3-21-11/h1-3,12,21H,4-10H2,(H,22,26). The maximum atomic E-state index is 12.5. The zero-order valence-corrected chi connectivity index (χ0v) is 18.6. The number of Topliss-reactive ketones (excluding diaryl/α,β-unsaturated/α-hetero) is 1. The Bertz CT molecular complexity index is 844. The third kappa shape index (κ3) is 4.22. The molecule has 1 fully saturated rings. The van der Waals surface area contributed by atoms with E-state index in [9.17, 15) is 9.59 Å². The number of aromatic amines is 1. The van der Waals surface area contributed by atoms with E-state index in [1.54, 1.807) is 0 Å². The van der Waals surface area contributed by atoms with Gasteiger partial charge in [-0.2, -0.15) is 0 Å². The van der Waals surface area contributed by atoms with Gasteiger partial charge in [0.2, 0.25) is 5.91 Å². The molecule has 3 heterocycles. The lowest BCUT2D eigenvalue weighted by molar-refractivity contribution is -0.123. The number of nitrogens with zero attached hydrogens (tertiary/aromatic N) is 2. The Balaban J connectivity index is 1.28. The van der Waals surface area contributed by atoms with Crippen molar-refractivity contribution in [2.45, 2.75) is 19.0 Å². The number of hydrogen-bond acceptors (Lipinski definition) is 5. The van der Waals surface area contributed by atoms with Crippen molar-refractivity contribution in [2.75, 3.05) is 32.7 Å². The van der Waals surface area contributed by atoms with Gasteiger partial charge in [0.05, 0.1) is 20.2 Å². The summed E-state index contributed by atoms with van der Waals surface area (Å²) in [5, 5.41) is 3.05. The third-order valence-corrected chi connectivity index (χ3v) is 7.67. The number of carbonyl (C=O) groups is 2. The van der Waals surface area contributed by atoms with E-state index in [-0.39, 0.29) is 17.7 Å². The van der Waals surface area contributed by atoms with Gasteiger partial charge in [-0.15, -0.1) is 11.3 Å². The van der Waals surface area contributed by atoms with Crippen molar-refractivity contribution in [2.24, 2.45) is 0 Å². The summed E-state index contributed by atoms with van der Waals surface area (Å²) in [6.07, 6.45) is 2.28. The van der Waals surface area contributed by atoms with Crippen LogP contribution in [0.15, 0.2) is 25.9 Å². The molecule has 0 radical (unpaired) electrons. The van der Waals surface area contributed by atoms with Crippen LogP contribution in [-0.2, 0) is 11.3 Å². The highest BCUT2D eigenvalue weighted by molar-refractivity contribution is 9.12. The minimum atomic E-state index is -0.230. The second-order valence-corrected chi connectivity index (χ2v) is 10.6. The summed E-state index contributed by atoms with van der Waals surface area (Å²) in [5.74, 6) is 0.0646. The maximum absolute atomic E-state index is 12.5. The lowest BCUT2D eigenvalue weighted by Crippen LogP contribution is -2.49. The number of H-pyrrole nitrogens is 1. The van der Waals surface area contributed by atoms with Crippen molar-refractivity contribution in [3.8, 4) is 0 Å². The quantitative estimate of drug-likeness (QED) is 0.641. The largest absolute Gasteiger partial charge is 0.364 e. The zero-order chi connectivity index (χ0) is 19.0. The Morgan fingerprint density at radius 1 is 1.22 bits per heavy atom. The maximum Gasteiger partial charge on any atom is 0.234 e. The van der Waals surface area contributed by atoms with Crippen molar-refractivity contribution in [3.63, 3.8) is 0 Å². The van der Waals surface area contributed by atoms with E-state index in [2.05, 4.69) is 58.0 Å². The topological polar surface area (TPSA) is 68.4 Å². The number of nitrogens with one attached hydrogen (secondary N) is 2. The van der Waals surface area contributed by atoms with E-state index in [4.69, 9.17) is 0 Å². The summed E-state index contributed by atoms with van der Waals surface area (Å²) in [6, 6.07) is 3.88. The second-order valence-electron chi connectivity index (χ2n) is 6.93. The first-order chi connectivity index (χ1) is 13.0. The van der Waals surface area contributed by atoms with E-state index in [0.29, 0.717) is 13.0 Å². The lowest BCUT2D eigenvalue weighted by atomic mass is 10.2. The minimum Gasteiger partial charge on any atom is -0.364 e. The van der Waals surface area contributed by atoms with Gasteiger partial charge in [0.15, 0.2) is 5.78 Å². The molecule has 0 spiro atoms. The van der Waals surface area contributed by atoms with Crippen LogP contribution in [0.4, 0.5) is 0 Å². The number of fused-ring (bicyclic) bond motifs is 1. The van der Waals surface area contributed by atoms with Gasteiger partial charge in [-0.3, -0.25) is 19.4 Å². The van der Waals surface area contributed by atoms with Crippen LogP contribution in [0, 0.1) is 0 Å². The normalized spacial score (nSPS) is 20.8. The SMILES string of the molecule is O=C(CN1CCN(Cc2ccc[nH]2)CC1)NC1CC(=O)c2c(Br)sc(Br)c21. The van der Waals surface area contributed by atoms with Crippen molar-refractivity contribution in [1.29, 1.82) is 0 Å². The molecule has 2 aromatic rings. The minimum absolute atomic E-state index is 0.0207. The Morgan fingerprint density at radius 3 is 2.67 bits per heavy atom. The molecule has 0 saturated carbocycles. The molecule has 1 amide bonds. The Morgan fingerprint density at radius 2 is 1.96 bits per heavy atom. The van der Waals surface area contributed by atoms with E-state index in [1.807, 2.05) is 12.3 Å². The summed E-state index contributed by atoms with van der Waals surface area (Å²) in [6.45, 7) is 4.93. The molecule has 1 aliphatic carbocycles. The average Bonchev–Trinajstić information content (AvgIpc) is 3.30. The van der Waals surface area contributed by atoms with Crippen molar-refractivity contribution < 1.29 is 9.59 Å². The Labute approximate surface area is 178 Å². The highest BCUT2D eigenvalue weighted by atomic mass is 79.9. The van der Waals surface area contributed by atoms with Crippen LogP contribution in [0.5, 0.6) is 0 Å². The summed E-state index contributed by atoms with van der Waals surface area (Å²) < 4.78 is 1.75. The summed E-state index contributed by atoms with van der Waals surface area (Å²) in [4.78, 5) is 32.6. The number of piperazine rings is 1. The summed E-state index contributed by atoms with van der Waals surface area (Å²) in [7, 11) is 0. The van der Waals surface area contributed by atoms with E-state index in [1.165, 1.54) is 17.0 Å². The number of thiophene rings is 1. The molecule has 27 heavy (non-hydrogen) atoms. The fourth-order valence-electron chi connectivity index (χ4n) is 3.73. The molecule has 9 heteroatoms. The highest BCUT2D eigenvalue weighted by Crippen LogP contribution is 2.46. The van der Waals surface area contributed by atoms with Crippen molar-refractivity contribution in [3.05, 3.63) is 42.7 Å². The molecule has 4 rings (SSSR count). The molecular weight excluding hydrogens is 496 g/mol. The molecular formula is C18H20Br2N4O2S. The number of rotatable bonds is 5. The monoisotopic (exact) mass is 514 g/mol. The van der Waals surface area contributed by atoms with Crippen molar-refractivity contribution >= 4 is 54.9 Å². The van der Waals surface area contributed by atoms with Gasteiger partial charge in [-0.25, -0.2) is 0 Å². The zero-order valence-electron chi connectivity index (χ0n) is 14.6. The number of amides is 1. The van der Waals surface area contributed by atoms with Crippen LogP contribution in [0.2, 0.25) is 0 Å². The van der Waals surface area contributed by atoms with Crippen LogP contribution in [0.3, 0.4) is 0 Å². The van der Waals surface area contributed by atoms with Gasteiger partial charge >= 0.3 is 0 Å². The van der Waals surface area contributed by atoms with Crippen LogP contribution in [0.1, 0.15) is 34.1 Å². The van der Waals surface area contributed by atoms with Crippen LogP contribution >= 0.6 is 43.2 Å². The van der Waals surface area contributed by atoms with E-state index >= 15 is 0 Å². The highest BCUT2D eigenvalue weighted by Gasteiger charge is 2.36. The van der Waals surface area contributed by atoms with E-state index in [0.717, 1.165) is 51.4 Å². The fraction of sp³-hybridized carbons (Fsp3) is 0.444. The molecule has 1 saturated heterocycles. The predicted octanol–water partition coefficient (Wildman–Crippen LogP) is 3.16. The number of halogens is 2. The van der Waals surface area contributed by atoms with Crippen LogP contribution in [-0.4, -0.2) is 59.2 Å². The number of ketones is 1. The molecule has 2 aromatic heterocycles. The first-order valence-corrected chi connectivity index (χ1v) is 11.3. The molecule has 0 bridgehead atoms. The molecule has 2 aliphatic rings. The second kappa shape index (κ2) is 8.16. The molecule has 1 unspecified atom stereocenters. The number of hydrogen-bond donors (Lipinski definition) is 2. The van der Waals surface area contributed by atoms with E-state index < -0.39 is 0 Å². The molecule has 2 N–H and O–H groups in total. The molecule has 144 valence electrons. The lowest BCUT2D eigenvalue weighted by Gasteiger charge is -2.34. The smallest absolute Gasteiger partial charge is 0.234 e. The fourth-order valence-corrected chi connectivity index (χ4v) is 7.10. The predicted molar refractivity (Wildman–Crippen MR) is 112 cm³/mol. The third-order valence-electron chi connectivity index (χ3n) is 5.10. The number of aromatic nitrogens is 1. The summed E-state index contributed by atoms with van der Waals surface area (Å²) in [5.41, 5.74) is 2.85. The first-order valence-electron chi connectivity index (χ1n) is 8.88. The average molecular weight is 516 g/mol. The van der Waals surface area contributed by atoms with Crippen LogP contribution < -0.4 is 5.32 Å². The van der Waals surface area contributed by atoms with Gasteiger partial charge in [-0.05, 0) is 44.0 Å². The van der Waals surface area contributed by atoms with Gasteiger partial charge < -0.3 is 10.3 Å².